The van der Waals surface area contributed by atoms with Crippen LogP contribution in [-0.4, -0.2) is 20.6 Å². The summed E-state index contributed by atoms with van der Waals surface area (Å²) >= 11 is 11.9. The van der Waals surface area contributed by atoms with Crippen molar-refractivity contribution in [3.05, 3.63) is 63.9 Å². The number of carbonyl (C=O) groups is 1. The first-order valence-corrected chi connectivity index (χ1v) is 9.51. The van der Waals surface area contributed by atoms with Gasteiger partial charge in [-0.3, -0.25) is 9.52 Å². The molecule has 5 nitrogen and oxygen atoms in total. The SMILES string of the molecule is CS(=O)(=O)Nc1cc(NC(=O)/C=C/c2cccc(Cl)c2Cl)ccc1F. The number of hydrogen-bond donors (Lipinski definition) is 2. The van der Waals surface area contributed by atoms with Gasteiger partial charge in [0.1, 0.15) is 5.82 Å². The minimum atomic E-state index is -3.64. The van der Waals surface area contributed by atoms with Gasteiger partial charge in [-0.25, -0.2) is 12.8 Å². The van der Waals surface area contributed by atoms with E-state index in [1.807, 2.05) is 4.72 Å². The fourth-order valence-electron chi connectivity index (χ4n) is 1.88. The summed E-state index contributed by atoms with van der Waals surface area (Å²) in [5.74, 6) is -1.27. The van der Waals surface area contributed by atoms with Gasteiger partial charge in [0.2, 0.25) is 15.9 Å². The van der Waals surface area contributed by atoms with Crippen molar-refractivity contribution in [1.82, 2.24) is 0 Å². The zero-order valence-electron chi connectivity index (χ0n) is 12.9. The number of sulfonamides is 1. The van der Waals surface area contributed by atoms with Gasteiger partial charge < -0.3 is 5.32 Å². The largest absolute Gasteiger partial charge is 0.322 e. The number of nitrogens with one attached hydrogen (secondary N) is 2. The van der Waals surface area contributed by atoms with Crippen LogP contribution >= 0.6 is 23.2 Å². The molecule has 2 aromatic rings. The summed E-state index contributed by atoms with van der Waals surface area (Å²) in [5, 5.41) is 3.17. The molecule has 0 aliphatic heterocycles. The Morgan fingerprint density at radius 3 is 2.60 bits per heavy atom. The Bertz CT molecular complexity index is 946. The van der Waals surface area contributed by atoms with E-state index in [0.717, 1.165) is 12.3 Å². The second-order valence-corrected chi connectivity index (χ2v) is 7.57. The van der Waals surface area contributed by atoms with E-state index in [1.165, 1.54) is 24.3 Å². The molecule has 0 radical (unpaired) electrons. The summed E-state index contributed by atoms with van der Waals surface area (Å²) in [4.78, 5) is 12.0. The van der Waals surface area contributed by atoms with Gasteiger partial charge >= 0.3 is 0 Å². The van der Waals surface area contributed by atoms with E-state index >= 15 is 0 Å². The van der Waals surface area contributed by atoms with Crippen LogP contribution in [0.1, 0.15) is 5.56 Å². The molecule has 2 N–H and O–H groups in total. The Kier molecular flexibility index (Phi) is 6.05. The molecule has 25 heavy (non-hydrogen) atoms. The number of halogens is 3. The van der Waals surface area contributed by atoms with Crippen LogP contribution < -0.4 is 10.0 Å². The highest BCUT2D eigenvalue weighted by Gasteiger charge is 2.09. The highest BCUT2D eigenvalue weighted by molar-refractivity contribution is 7.92. The molecular formula is C16H13Cl2FN2O3S. The molecule has 0 aliphatic rings. The average molecular weight is 403 g/mol. The molecule has 9 heteroatoms. The molecule has 0 unspecified atom stereocenters. The number of carbonyl (C=O) groups excluding carboxylic acids is 1. The molecule has 0 aromatic heterocycles. The van der Waals surface area contributed by atoms with E-state index in [0.29, 0.717) is 15.6 Å². The molecule has 0 saturated heterocycles. The van der Waals surface area contributed by atoms with Crippen molar-refractivity contribution in [2.45, 2.75) is 0 Å². The minimum absolute atomic E-state index is 0.222. The maximum absolute atomic E-state index is 13.6. The second-order valence-electron chi connectivity index (χ2n) is 5.03. The zero-order valence-corrected chi connectivity index (χ0v) is 15.2. The van der Waals surface area contributed by atoms with Gasteiger partial charge in [-0.2, -0.15) is 0 Å². The van der Waals surface area contributed by atoms with Crippen LogP contribution in [0.2, 0.25) is 10.0 Å². The van der Waals surface area contributed by atoms with Crippen molar-refractivity contribution in [1.29, 1.82) is 0 Å². The molecule has 0 atom stereocenters. The smallest absolute Gasteiger partial charge is 0.248 e. The van der Waals surface area contributed by atoms with Gasteiger partial charge in [0, 0.05) is 11.8 Å². The summed E-state index contributed by atoms with van der Waals surface area (Å²) in [6.07, 6.45) is 3.60. The lowest BCUT2D eigenvalue weighted by molar-refractivity contribution is -0.111. The number of hydrogen-bond acceptors (Lipinski definition) is 3. The van der Waals surface area contributed by atoms with Crippen LogP contribution in [0.5, 0.6) is 0 Å². The van der Waals surface area contributed by atoms with Gasteiger partial charge in [0.25, 0.3) is 0 Å². The molecular weight excluding hydrogens is 390 g/mol. The van der Waals surface area contributed by atoms with E-state index in [4.69, 9.17) is 23.2 Å². The zero-order chi connectivity index (χ0) is 18.6. The van der Waals surface area contributed by atoms with E-state index in [1.54, 1.807) is 18.2 Å². The molecule has 2 rings (SSSR count). The first-order valence-electron chi connectivity index (χ1n) is 6.86. The predicted octanol–water partition coefficient (Wildman–Crippen LogP) is 4.16. The fourth-order valence-corrected chi connectivity index (χ4v) is 2.81. The lowest BCUT2D eigenvalue weighted by atomic mass is 10.2. The van der Waals surface area contributed by atoms with Crippen LogP contribution in [0.3, 0.4) is 0 Å². The van der Waals surface area contributed by atoms with Gasteiger partial charge in [-0.15, -0.1) is 0 Å². The Balaban J connectivity index is 2.14. The number of amides is 1. The van der Waals surface area contributed by atoms with Gasteiger partial charge in [0.05, 0.1) is 22.0 Å². The molecule has 0 saturated carbocycles. The predicted molar refractivity (Wildman–Crippen MR) is 99.0 cm³/mol. The van der Waals surface area contributed by atoms with Crippen LogP contribution in [0.25, 0.3) is 6.08 Å². The molecule has 0 spiro atoms. The molecule has 0 fully saturated rings. The van der Waals surface area contributed by atoms with Crippen molar-refractivity contribution in [3.63, 3.8) is 0 Å². The standard InChI is InChI=1S/C16H13Cl2FN2O3S/c1-25(23,24)21-14-9-11(6-7-13(14)19)20-15(22)8-5-10-3-2-4-12(17)16(10)18/h2-9,21H,1H3,(H,20,22)/b8-5+. The van der Waals surface area contributed by atoms with Crippen molar-refractivity contribution in [3.8, 4) is 0 Å². The quantitative estimate of drug-likeness (QED) is 0.737. The lowest BCUT2D eigenvalue weighted by Gasteiger charge is -2.08. The maximum atomic E-state index is 13.6. The van der Waals surface area contributed by atoms with Gasteiger partial charge in [0.15, 0.2) is 0 Å². The summed E-state index contributed by atoms with van der Waals surface area (Å²) in [5.41, 5.74) is 0.518. The normalized spacial score (nSPS) is 11.5. The van der Waals surface area contributed by atoms with E-state index in [2.05, 4.69) is 5.32 Å². The summed E-state index contributed by atoms with van der Waals surface area (Å²) < 4.78 is 38.0. The van der Waals surface area contributed by atoms with Crippen molar-refractivity contribution in [2.75, 3.05) is 16.3 Å². The van der Waals surface area contributed by atoms with Crippen LogP contribution in [0.4, 0.5) is 15.8 Å². The Labute approximate surface area is 154 Å². The Morgan fingerprint density at radius 2 is 1.92 bits per heavy atom. The summed E-state index contributed by atoms with van der Waals surface area (Å²) in [6, 6.07) is 8.52. The maximum Gasteiger partial charge on any atom is 0.248 e. The summed E-state index contributed by atoms with van der Waals surface area (Å²) in [7, 11) is -3.64. The topological polar surface area (TPSA) is 75.3 Å². The molecule has 0 aliphatic carbocycles. The van der Waals surface area contributed by atoms with E-state index in [9.17, 15) is 17.6 Å². The molecule has 0 heterocycles. The van der Waals surface area contributed by atoms with Gasteiger partial charge in [-0.05, 0) is 35.9 Å². The fraction of sp³-hybridized carbons (Fsp3) is 0.0625. The molecule has 1 amide bonds. The number of anilines is 2. The van der Waals surface area contributed by atoms with E-state index < -0.39 is 21.7 Å². The highest BCUT2D eigenvalue weighted by atomic mass is 35.5. The first kappa shape index (κ1) is 19.2. The third-order valence-corrected chi connectivity index (χ3v) is 4.35. The lowest BCUT2D eigenvalue weighted by Crippen LogP contribution is -2.12. The average Bonchev–Trinajstić information content (AvgIpc) is 2.51. The third-order valence-electron chi connectivity index (χ3n) is 2.92. The van der Waals surface area contributed by atoms with Crippen molar-refractivity contribution < 1.29 is 17.6 Å². The number of rotatable bonds is 5. The van der Waals surface area contributed by atoms with E-state index in [-0.39, 0.29) is 11.4 Å². The van der Waals surface area contributed by atoms with Gasteiger partial charge in [-0.1, -0.05) is 35.3 Å². The summed E-state index contributed by atoms with van der Waals surface area (Å²) in [6.45, 7) is 0. The Hall–Kier alpha value is -2.09. The monoisotopic (exact) mass is 402 g/mol. The van der Waals surface area contributed by atoms with Crippen LogP contribution in [0, 0.1) is 5.82 Å². The van der Waals surface area contributed by atoms with Crippen molar-refractivity contribution in [2.24, 2.45) is 0 Å². The molecule has 2 aromatic carbocycles. The van der Waals surface area contributed by atoms with Crippen LogP contribution in [0.15, 0.2) is 42.5 Å². The molecule has 132 valence electrons. The second kappa shape index (κ2) is 7.86. The Morgan fingerprint density at radius 1 is 1.20 bits per heavy atom. The third kappa shape index (κ3) is 5.74. The number of benzene rings is 2. The van der Waals surface area contributed by atoms with Crippen LogP contribution in [-0.2, 0) is 14.8 Å². The van der Waals surface area contributed by atoms with Crippen molar-refractivity contribution >= 4 is 56.6 Å². The minimum Gasteiger partial charge on any atom is -0.322 e. The first-order chi connectivity index (χ1) is 11.7. The molecule has 0 bridgehead atoms. The highest BCUT2D eigenvalue weighted by Crippen LogP contribution is 2.26.